The Labute approximate surface area is 151 Å². The van der Waals surface area contributed by atoms with Crippen LogP contribution in [0.5, 0.6) is 0 Å². The first kappa shape index (κ1) is 18.2. The molecule has 3 rings (SSSR count). The summed E-state index contributed by atoms with van der Waals surface area (Å²) in [5, 5.41) is 10.9. The lowest BCUT2D eigenvalue weighted by molar-refractivity contribution is -0.147. The lowest BCUT2D eigenvalue weighted by atomic mass is 10.1. The van der Waals surface area contributed by atoms with Crippen LogP contribution in [0.15, 0.2) is 47.6 Å². The van der Waals surface area contributed by atoms with Gasteiger partial charge in [-0.15, -0.1) is 10.2 Å². The Kier molecular flexibility index (Phi) is 4.90. The van der Waals surface area contributed by atoms with Crippen LogP contribution in [0.1, 0.15) is 12.7 Å². The monoisotopic (exact) mass is 380 g/mol. The van der Waals surface area contributed by atoms with Crippen LogP contribution in [0.25, 0.3) is 10.8 Å². The van der Waals surface area contributed by atoms with E-state index in [-0.39, 0.29) is 11.1 Å². The molecule has 1 heterocycles. The summed E-state index contributed by atoms with van der Waals surface area (Å²) >= 11 is 0.915. The van der Waals surface area contributed by atoms with Gasteiger partial charge in [-0.25, -0.2) is 0 Å². The van der Waals surface area contributed by atoms with Gasteiger partial charge in [-0.2, -0.15) is 13.2 Å². The number of benzene rings is 2. The van der Waals surface area contributed by atoms with Gasteiger partial charge in [0.2, 0.25) is 11.7 Å². The number of nitrogens with one attached hydrogen (secondary N) is 1. The van der Waals surface area contributed by atoms with Crippen LogP contribution in [-0.4, -0.2) is 25.9 Å². The van der Waals surface area contributed by atoms with E-state index in [4.69, 9.17) is 0 Å². The standard InChI is InChI=1S/C17H15F3N4OS/c1-10(26-16-23-22-15(24(16)2)17(18,19)20)14(25)21-13-8-7-11-5-3-4-6-12(11)9-13/h3-10H,1-2H3,(H,21,25)/t10-/m0/s1. The van der Waals surface area contributed by atoms with E-state index in [1.165, 1.54) is 7.05 Å². The fourth-order valence-electron chi connectivity index (χ4n) is 2.39. The maximum Gasteiger partial charge on any atom is 0.451 e. The first-order valence-corrected chi connectivity index (χ1v) is 8.56. The van der Waals surface area contributed by atoms with Gasteiger partial charge in [-0.1, -0.05) is 42.1 Å². The van der Waals surface area contributed by atoms with Crippen molar-refractivity contribution in [3.05, 3.63) is 48.3 Å². The summed E-state index contributed by atoms with van der Waals surface area (Å²) in [6.45, 7) is 1.60. The van der Waals surface area contributed by atoms with Crippen molar-refractivity contribution < 1.29 is 18.0 Å². The number of anilines is 1. The van der Waals surface area contributed by atoms with Crippen molar-refractivity contribution in [2.75, 3.05) is 5.32 Å². The van der Waals surface area contributed by atoms with Crippen LogP contribution >= 0.6 is 11.8 Å². The van der Waals surface area contributed by atoms with Gasteiger partial charge in [-0.05, 0) is 29.8 Å². The summed E-state index contributed by atoms with van der Waals surface area (Å²) in [6, 6.07) is 13.2. The lowest BCUT2D eigenvalue weighted by Crippen LogP contribution is -2.23. The number of alkyl halides is 3. The van der Waals surface area contributed by atoms with E-state index in [1.54, 1.807) is 13.0 Å². The second-order valence-corrected chi connectivity index (χ2v) is 6.98. The fraction of sp³-hybridized carbons (Fsp3) is 0.235. The summed E-state index contributed by atoms with van der Waals surface area (Å²) in [5.41, 5.74) is 0.620. The minimum atomic E-state index is -4.59. The highest BCUT2D eigenvalue weighted by Crippen LogP contribution is 2.31. The molecule has 0 unspecified atom stereocenters. The van der Waals surface area contributed by atoms with E-state index < -0.39 is 17.3 Å². The maximum absolute atomic E-state index is 12.8. The van der Waals surface area contributed by atoms with Gasteiger partial charge in [0.1, 0.15) is 0 Å². The Hall–Kier alpha value is -2.55. The van der Waals surface area contributed by atoms with Crippen molar-refractivity contribution in [2.24, 2.45) is 7.05 Å². The number of hydrogen-bond donors (Lipinski definition) is 1. The van der Waals surface area contributed by atoms with Crippen LogP contribution in [0.2, 0.25) is 0 Å². The molecule has 0 aliphatic carbocycles. The highest BCUT2D eigenvalue weighted by Gasteiger charge is 2.37. The third-order valence-corrected chi connectivity index (χ3v) is 4.89. The molecule has 1 aromatic heterocycles. The molecule has 0 saturated carbocycles. The molecule has 0 aliphatic heterocycles. The SMILES string of the molecule is C[C@H](Sc1nnc(C(F)(F)F)n1C)C(=O)Nc1ccc2ccccc2c1. The average molecular weight is 380 g/mol. The van der Waals surface area contributed by atoms with E-state index in [0.29, 0.717) is 5.69 Å². The van der Waals surface area contributed by atoms with Crippen LogP contribution < -0.4 is 5.32 Å². The zero-order chi connectivity index (χ0) is 18.9. The van der Waals surface area contributed by atoms with Crippen molar-refractivity contribution in [3.8, 4) is 0 Å². The minimum Gasteiger partial charge on any atom is -0.325 e. The summed E-state index contributed by atoms with van der Waals surface area (Å²) in [6.07, 6.45) is -4.59. The van der Waals surface area contributed by atoms with Gasteiger partial charge in [0, 0.05) is 12.7 Å². The van der Waals surface area contributed by atoms with Gasteiger partial charge in [-0.3, -0.25) is 4.79 Å². The highest BCUT2D eigenvalue weighted by atomic mass is 32.2. The van der Waals surface area contributed by atoms with Crippen molar-refractivity contribution in [2.45, 2.75) is 23.5 Å². The zero-order valence-corrected chi connectivity index (χ0v) is 14.7. The molecule has 2 aromatic carbocycles. The molecule has 0 fully saturated rings. The molecule has 1 N–H and O–H groups in total. The smallest absolute Gasteiger partial charge is 0.325 e. The second kappa shape index (κ2) is 6.99. The Morgan fingerprint density at radius 2 is 1.85 bits per heavy atom. The molecule has 1 amide bonds. The number of carbonyl (C=O) groups is 1. The van der Waals surface area contributed by atoms with Crippen molar-refractivity contribution in [1.29, 1.82) is 0 Å². The zero-order valence-electron chi connectivity index (χ0n) is 13.9. The van der Waals surface area contributed by atoms with Crippen LogP contribution in [0, 0.1) is 0 Å². The van der Waals surface area contributed by atoms with Crippen LogP contribution in [0.4, 0.5) is 18.9 Å². The Balaban J connectivity index is 1.70. The Bertz CT molecular complexity index is 955. The lowest BCUT2D eigenvalue weighted by Gasteiger charge is -2.12. The summed E-state index contributed by atoms with van der Waals surface area (Å²) < 4.78 is 39.1. The first-order valence-electron chi connectivity index (χ1n) is 7.68. The van der Waals surface area contributed by atoms with Gasteiger partial charge in [0.05, 0.1) is 5.25 Å². The van der Waals surface area contributed by atoms with E-state index in [0.717, 1.165) is 27.1 Å². The summed E-state index contributed by atoms with van der Waals surface area (Å²) in [5.74, 6) is -1.43. The molecule has 26 heavy (non-hydrogen) atoms. The second-order valence-electron chi connectivity index (χ2n) is 5.67. The number of amides is 1. The molecule has 0 aliphatic rings. The molecular weight excluding hydrogens is 365 g/mol. The largest absolute Gasteiger partial charge is 0.451 e. The molecule has 0 radical (unpaired) electrons. The van der Waals surface area contributed by atoms with Crippen molar-refractivity contribution in [3.63, 3.8) is 0 Å². The molecule has 9 heteroatoms. The molecular formula is C17H15F3N4OS. The predicted octanol–water partition coefficient (Wildman–Crippen LogP) is 4.11. The quantitative estimate of drug-likeness (QED) is 0.692. The Morgan fingerprint density at radius 3 is 2.50 bits per heavy atom. The fourth-order valence-corrected chi connectivity index (χ4v) is 3.20. The third-order valence-electron chi connectivity index (χ3n) is 3.76. The number of aromatic nitrogens is 3. The van der Waals surface area contributed by atoms with Crippen LogP contribution in [0.3, 0.4) is 0 Å². The molecule has 0 spiro atoms. The highest BCUT2D eigenvalue weighted by molar-refractivity contribution is 8.00. The maximum atomic E-state index is 12.8. The Morgan fingerprint density at radius 1 is 1.15 bits per heavy atom. The number of halogens is 3. The van der Waals surface area contributed by atoms with Crippen molar-refractivity contribution in [1.82, 2.24) is 14.8 Å². The third kappa shape index (κ3) is 3.82. The number of hydrogen-bond acceptors (Lipinski definition) is 4. The average Bonchev–Trinajstić information content (AvgIpc) is 2.95. The number of thioether (sulfide) groups is 1. The summed E-state index contributed by atoms with van der Waals surface area (Å²) in [7, 11) is 1.22. The van der Waals surface area contributed by atoms with E-state index in [9.17, 15) is 18.0 Å². The molecule has 0 saturated heterocycles. The van der Waals surface area contributed by atoms with E-state index in [1.807, 2.05) is 36.4 Å². The van der Waals surface area contributed by atoms with Crippen LogP contribution in [-0.2, 0) is 18.0 Å². The van der Waals surface area contributed by atoms with E-state index in [2.05, 4.69) is 15.5 Å². The molecule has 1 atom stereocenters. The van der Waals surface area contributed by atoms with E-state index >= 15 is 0 Å². The number of nitrogens with zero attached hydrogens (tertiary/aromatic N) is 3. The number of rotatable bonds is 4. The predicted molar refractivity (Wildman–Crippen MR) is 93.9 cm³/mol. The minimum absolute atomic E-state index is 0.0264. The van der Waals surface area contributed by atoms with Gasteiger partial charge in [0.15, 0.2) is 5.16 Å². The van der Waals surface area contributed by atoms with Gasteiger partial charge in [0.25, 0.3) is 0 Å². The molecule has 136 valence electrons. The van der Waals surface area contributed by atoms with Crippen molar-refractivity contribution >= 4 is 34.1 Å². The van der Waals surface area contributed by atoms with Gasteiger partial charge >= 0.3 is 6.18 Å². The number of carbonyl (C=O) groups excluding carboxylic acids is 1. The first-order chi connectivity index (χ1) is 12.3. The normalized spacial score (nSPS) is 13.0. The summed E-state index contributed by atoms with van der Waals surface area (Å²) in [4.78, 5) is 12.4. The number of fused-ring (bicyclic) bond motifs is 1. The molecule has 0 bridgehead atoms. The van der Waals surface area contributed by atoms with Gasteiger partial charge < -0.3 is 9.88 Å². The molecule has 5 nitrogen and oxygen atoms in total. The topological polar surface area (TPSA) is 59.8 Å². The molecule has 3 aromatic rings.